The van der Waals surface area contributed by atoms with E-state index in [0.717, 1.165) is 43.7 Å². The molecule has 156 valence electrons. The fourth-order valence-electron chi connectivity index (χ4n) is 3.80. The van der Waals surface area contributed by atoms with E-state index in [1.807, 2.05) is 42.5 Å². The SMILES string of the molecule is O=C(Cc1cccc2ccccc12)NCc1ccc(-c2nc(-c3ccccc3)cs2)cc1. The Morgan fingerprint density at radius 1 is 0.781 bits per heavy atom. The number of hydrogen-bond acceptors (Lipinski definition) is 3. The molecular formula is C28H22N2OS. The smallest absolute Gasteiger partial charge is 0.224 e. The quantitative estimate of drug-likeness (QED) is 0.332. The Hall–Kier alpha value is -3.76. The average Bonchev–Trinajstić information content (AvgIpc) is 3.34. The predicted octanol–water partition coefficient (Wildman–Crippen LogP) is 6.49. The van der Waals surface area contributed by atoms with Crippen LogP contribution in [0.25, 0.3) is 32.6 Å². The standard InChI is InChI=1S/C28H22N2OS/c31-27(17-24-11-6-10-21-7-4-5-12-25(21)24)29-18-20-13-15-23(16-14-20)28-30-26(19-32-28)22-8-2-1-3-9-22/h1-16,19H,17-18H2,(H,29,31). The monoisotopic (exact) mass is 434 g/mol. The van der Waals surface area contributed by atoms with E-state index in [-0.39, 0.29) is 5.91 Å². The van der Waals surface area contributed by atoms with Crippen molar-refractivity contribution in [3.05, 3.63) is 114 Å². The van der Waals surface area contributed by atoms with Gasteiger partial charge in [-0.3, -0.25) is 4.79 Å². The molecular weight excluding hydrogens is 412 g/mol. The zero-order valence-corrected chi connectivity index (χ0v) is 18.3. The van der Waals surface area contributed by atoms with Crippen LogP contribution >= 0.6 is 11.3 Å². The lowest BCUT2D eigenvalue weighted by molar-refractivity contribution is -0.120. The van der Waals surface area contributed by atoms with Gasteiger partial charge in [0.05, 0.1) is 12.1 Å². The molecule has 5 aromatic rings. The molecule has 0 fully saturated rings. The van der Waals surface area contributed by atoms with Gasteiger partial charge in [0.25, 0.3) is 0 Å². The van der Waals surface area contributed by atoms with Crippen molar-refractivity contribution in [3.63, 3.8) is 0 Å². The Balaban J connectivity index is 1.22. The molecule has 0 aliphatic heterocycles. The predicted molar refractivity (Wildman–Crippen MR) is 132 cm³/mol. The Morgan fingerprint density at radius 3 is 2.38 bits per heavy atom. The highest BCUT2D eigenvalue weighted by molar-refractivity contribution is 7.13. The maximum atomic E-state index is 12.5. The van der Waals surface area contributed by atoms with Gasteiger partial charge in [-0.05, 0) is 21.9 Å². The molecule has 0 aliphatic rings. The van der Waals surface area contributed by atoms with E-state index < -0.39 is 0 Å². The van der Waals surface area contributed by atoms with Crippen molar-refractivity contribution < 1.29 is 4.79 Å². The molecule has 0 aliphatic carbocycles. The van der Waals surface area contributed by atoms with E-state index in [1.165, 1.54) is 0 Å². The van der Waals surface area contributed by atoms with Crippen molar-refractivity contribution in [2.45, 2.75) is 13.0 Å². The van der Waals surface area contributed by atoms with Crippen LogP contribution in [0.4, 0.5) is 0 Å². The zero-order chi connectivity index (χ0) is 21.8. The number of aromatic nitrogens is 1. The van der Waals surface area contributed by atoms with Crippen molar-refractivity contribution in [1.82, 2.24) is 10.3 Å². The summed E-state index contributed by atoms with van der Waals surface area (Å²) in [4.78, 5) is 17.3. The molecule has 0 saturated carbocycles. The number of carbonyl (C=O) groups excluding carboxylic acids is 1. The van der Waals surface area contributed by atoms with E-state index in [9.17, 15) is 4.79 Å². The van der Waals surface area contributed by atoms with Crippen LogP contribution in [0.15, 0.2) is 102 Å². The molecule has 0 saturated heterocycles. The number of carbonyl (C=O) groups is 1. The van der Waals surface area contributed by atoms with E-state index in [4.69, 9.17) is 4.98 Å². The summed E-state index contributed by atoms with van der Waals surface area (Å²) in [6, 6.07) is 32.7. The first-order valence-corrected chi connectivity index (χ1v) is 11.5. The van der Waals surface area contributed by atoms with Gasteiger partial charge in [0.1, 0.15) is 5.01 Å². The highest BCUT2D eigenvalue weighted by Crippen LogP contribution is 2.29. The van der Waals surface area contributed by atoms with Crippen LogP contribution in [-0.4, -0.2) is 10.9 Å². The number of hydrogen-bond donors (Lipinski definition) is 1. The lowest BCUT2D eigenvalue weighted by Gasteiger charge is -2.08. The first-order valence-electron chi connectivity index (χ1n) is 10.6. The molecule has 1 heterocycles. The van der Waals surface area contributed by atoms with Crippen LogP contribution in [0.1, 0.15) is 11.1 Å². The second-order valence-corrected chi connectivity index (χ2v) is 8.55. The van der Waals surface area contributed by atoms with Crippen molar-refractivity contribution in [1.29, 1.82) is 0 Å². The summed E-state index contributed by atoms with van der Waals surface area (Å²) in [5.41, 5.74) is 5.33. The number of benzene rings is 4. The Bertz CT molecular complexity index is 1350. The van der Waals surface area contributed by atoms with Crippen molar-refractivity contribution in [2.24, 2.45) is 0 Å². The lowest BCUT2D eigenvalue weighted by Crippen LogP contribution is -2.24. The van der Waals surface area contributed by atoms with Crippen LogP contribution < -0.4 is 5.32 Å². The Labute approximate surface area is 191 Å². The third kappa shape index (κ3) is 4.46. The Morgan fingerprint density at radius 2 is 1.53 bits per heavy atom. The molecule has 0 unspecified atom stereocenters. The van der Waals surface area contributed by atoms with Crippen molar-refractivity contribution in [3.8, 4) is 21.8 Å². The molecule has 3 nitrogen and oxygen atoms in total. The van der Waals surface area contributed by atoms with Gasteiger partial charge in [0, 0.05) is 23.1 Å². The van der Waals surface area contributed by atoms with Crippen LogP contribution in [0.2, 0.25) is 0 Å². The Kier molecular flexibility index (Phi) is 5.77. The minimum absolute atomic E-state index is 0.0258. The molecule has 4 heteroatoms. The molecule has 5 rings (SSSR count). The van der Waals surface area contributed by atoms with Crippen LogP contribution in [0.3, 0.4) is 0 Å². The number of thiazole rings is 1. The van der Waals surface area contributed by atoms with Gasteiger partial charge in [-0.15, -0.1) is 11.3 Å². The maximum absolute atomic E-state index is 12.5. The fraction of sp³-hybridized carbons (Fsp3) is 0.0714. The van der Waals surface area contributed by atoms with Gasteiger partial charge in [-0.2, -0.15) is 0 Å². The fourth-order valence-corrected chi connectivity index (χ4v) is 4.63. The van der Waals surface area contributed by atoms with E-state index in [2.05, 4.69) is 65.3 Å². The maximum Gasteiger partial charge on any atom is 0.224 e. The molecule has 1 amide bonds. The van der Waals surface area contributed by atoms with Crippen LogP contribution in [-0.2, 0) is 17.8 Å². The topological polar surface area (TPSA) is 42.0 Å². The third-order valence-corrected chi connectivity index (χ3v) is 6.39. The molecule has 0 bridgehead atoms. The van der Waals surface area contributed by atoms with E-state index in [0.29, 0.717) is 13.0 Å². The minimum Gasteiger partial charge on any atom is -0.352 e. The number of fused-ring (bicyclic) bond motifs is 1. The summed E-state index contributed by atoms with van der Waals surface area (Å²) in [7, 11) is 0. The molecule has 0 spiro atoms. The summed E-state index contributed by atoms with van der Waals surface area (Å²) >= 11 is 1.64. The van der Waals surface area contributed by atoms with Gasteiger partial charge in [0.2, 0.25) is 5.91 Å². The van der Waals surface area contributed by atoms with Gasteiger partial charge >= 0.3 is 0 Å². The van der Waals surface area contributed by atoms with E-state index >= 15 is 0 Å². The normalized spacial score (nSPS) is 10.9. The van der Waals surface area contributed by atoms with Crippen molar-refractivity contribution in [2.75, 3.05) is 0 Å². The number of nitrogens with one attached hydrogen (secondary N) is 1. The van der Waals surface area contributed by atoms with Crippen LogP contribution in [0.5, 0.6) is 0 Å². The second-order valence-electron chi connectivity index (χ2n) is 7.69. The number of nitrogens with zero attached hydrogens (tertiary/aromatic N) is 1. The van der Waals surface area contributed by atoms with E-state index in [1.54, 1.807) is 11.3 Å². The number of rotatable bonds is 6. The molecule has 0 radical (unpaired) electrons. The second kappa shape index (κ2) is 9.16. The first-order chi connectivity index (χ1) is 15.8. The van der Waals surface area contributed by atoms with Crippen molar-refractivity contribution >= 4 is 28.0 Å². The summed E-state index contributed by atoms with van der Waals surface area (Å²) < 4.78 is 0. The summed E-state index contributed by atoms with van der Waals surface area (Å²) in [6.45, 7) is 0.511. The van der Waals surface area contributed by atoms with Crippen LogP contribution in [0, 0.1) is 0 Å². The third-order valence-electron chi connectivity index (χ3n) is 5.50. The average molecular weight is 435 g/mol. The molecule has 1 aromatic heterocycles. The zero-order valence-electron chi connectivity index (χ0n) is 17.5. The minimum atomic E-state index is 0.0258. The molecule has 4 aromatic carbocycles. The highest BCUT2D eigenvalue weighted by Gasteiger charge is 2.09. The van der Waals surface area contributed by atoms with Gasteiger partial charge < -0.3 is 5.32 Å². The van der Waals surface area contributed by atoms with Gasteiger partial charge in [-0.25, -0.2) is 4.98 Å². The largest absolute Gasteiger partial charge is 0.352 e. The highest BCUT2D eigenvalue weighted by atomic mass is 32.1. The summed E-state index contributed by atoms with van der Waals surface area (Å²) in [6.07, 6.45) is 0.376. The summed E-state index contributed by atoms with van der Waals surface area (Å²) in [5, 5.41) is 8.42. The lowest BCUT2D eigenvalue weighted by atomic mass is 10.0. The van der Waals surface area contributed by atoms with Gasteiger partial charge in [-0.1, -0.05) is 97.1 Å². The first kappa shape index (κ1) is 20.2. The molecule has 32 heavy (non-hydrogen) atoms. The number of amides is 1. The molecule has 0 atom stereocenters. The molecule has 1 N–H and O–H groups in total. The van der Waals surface area contributed by atoms with Gasteiger partial charge in [0.15, 0.2) is 0 Å². The summed E-state index contributed by atoms with van der Waals surface area (Å²) in [5.74, 6) is 0.0258.